The monoisotopic (exact) mass is 260 g/mol. The Morgan fingerprint density at radius 1 is 1.28 bits per heavy atom. The average Bonchev–Trinajstić information content (AvgIpc) is 2.59. The molecule has 0 aromatic heterocycles. The quantitative estimate of drug-likeness (QED) is 0.699. The molecule has 0 bridgehead atoms. The number of hydrogen-bond donors (Lipinski definition) is 0. The highest BCUT2D eigenvalue weighted by molar-refractivity contribution is 5.84. The second-order valence-electron chi connectivity index (χ2n) is 4.64. The molecule has 0 radical (unpaired) electrons. The number of alkyl halides is 3. The number of benzene rings is 1. The third kappa shape index (κ3) is 2.26. The van der Waals surface area contributed by atoms with Crippen molar-refractivity contribution in [2.24, 2.45) is 5.92 Å². The van der Waals surface area contributed by atoms with E-state index >= 15 is 0 Å². The van der Waals surface area contributed by atoms with Gasteiger partial charge in [0.2, 0.25) is 0 Å². The van der Waals surface area contributed by atoms with Crippen LogP contribution < -0.4 is 0 Å². The lowest BCUT2D eigenvalue weighted by Gasteiger charge is -2.17. The molecule has 1 fully saturated rings. The van der Waals surface area contributed by atoms with Gasteiger partial charge in [0.25, 0.3) is 0 Å². The topological polar surface area (TPSA) is 17.1 Å². The zero-order valence-corrected chi connectivity index (χ0v) is 9.72. The van der Waals surface area contributed by atoms with E-state index in [-0.39, 0.29) is 17.6 Å². The van der Waals surface area contributed by atoms with Crippen molar-refractivity contribution < 1.29 is 22.4 Å². The maximum atomic E-state index is 13.1. The third-order valence-corrected chi connectivity index (χ3v) is 3.54. The minimum atomic E-state index is -4.70. The van der Waals surface area contributed by atoms with Gasteiger partial charge in [-0.3, -0.25) is 4.79 Å². The minimum Gasteiger partial charge on any atom is -0.299 e. The lowest BCUT2D eigenvalue weighted by Crippen LogP contribution is -2.12. The number of Topliss-reactive ketones (excluding diaryl/α,β-unsaturated/α-hetero) is 1. The zero-order valence-electron chi connectivity index (χ0n) is 9.72. The van der Waals surface area contributed by atoms with Crippen LogP contribution in [0.15, 0.2) is 18.2 Å². The first-order valence-electron chi connectivity index (χ1n) is 5.70. The molecule has 98 valence electrons. The van der Waals surface area contributed by atoms with E-state index in [9.17, 15) is 22.4 Å². The Morgan fingerprint density at radius 2 is 1.94 bits per heavy atom. The van der Waals surface area contributed by atoms with Crippen LogP contribution in [0.5, 0.6) is 0 Å². The number of carbonyl (C=O) groups excluding carboxylic acids is 1. The van der Waals surface area contributed by atoms with Gasteiger partial charge in [0.15, 0.2) is 0 Å². The van der Waals surface area contributed by atoms with E-state index in [0.29, 0.717) is 18.4 Å². The van der Waals surface area contributed by atoms with Gasteiger partial charge >= 0.3 is 6.18 Å². The van der Waals surface area contributed by atoms with Crippen LogP contribution in [0.4, 0.5) is 17.6 Å². The largest absolute Gasteiger partial charge is 0.419 e. The number of ketones is 1. The minimum absolute atomic E-state index is 0.0536. The second-order valence-corrected chi connectivity index (χ2v) is 4.64. The van der Waals surface area contributed by atoms with E-state index in [1.165, 1.54) is 6.07 Å². The summed E-state index contributed by atoms with van der Waals surface area (Å²) in [4.78, 5) is 11.4. The summed E-state index contributed by atoms with van der Waals surface area (Å²) in [6.45, 7) is 1.70. The molecule has 0 amide bonds. The van der Waals surface area contributed by atoms with Gasteiger partial charge in [-0.25, -0.2) is 4.39 Å². The predicted molar refractivity (Wildman–Crippen MR) is 57.5 cm³/mol. The molecule has 1 aliphatic rings. The highest BCUT2D eigenvalue weighted by Crippen LogP contribution is 2.40. The van der Waals surface area contributed by atoms with Crippen molar-refractivity contribution in [2.75, 3.05) is 0 Å². The lowest BCUT2D eigenvalue weighted by molar-refractivity contribution is -0.140. The van der Waals surface area contributed by atoms with E-state index in [0.717, 1.165) is 12.1 Å². The van der Waals surface area contributed by atoms with Crippen LogP contribution in [-0.4, -0.2) is 5.78 Å². The van der Waals surface area contributed by atoms with Gasteiger partial charge in [0, 0.05) is 12.3 Å². The van der Waals surface area contributed by atoms with Gasteiger partial charge in [-0.1, -0.05) is 13.0 Å². The molecule has 2 atom stereocenters. The predicted octanol–water partition coefficient (Wildman–Crippen LogP) is 3.93. The Kier molecular flexibility index (Phi) is 3.17. The lowest BCUT2D eigenvalue weighted by atomic mass is 9.89. The van der Waals surface area contributed by atoms with Crippen molar-refractivity contribution in [3.63, 3.8) is 0 Å². The Hall–Kier alpha value is -1.39. The van der Waals surface area contributed by atoms with E-state index in [1.54, 1.807) is 6.92 Å². The van der Waals surface area contributed by atoms with E-state index in [2.05, 4.69) is 0 Å². The van der Waals surface area contributed by atoms with Crippen LogP contribution in [0.1, 0.15) is 36.8 Å². The maximum Gasteiger partial charge on any atom is 0.419 e. The molecule has 5 heteroatoms. The van der Waals surface area contributed by atoms with Gasteiger partial charge < -0.3 is 0 Å². The molecule has 1 aromatic carbocycles. The standard InChI is InChI=1S/C13H12F4O/c1-7-9(3-5-12(7)18)8-2-4-11(14)10(6-8)13(15,16)17/h2,4,6-7,9H,3,5H2,1H3. The van der Waals surface area contributed by atoms with E-state index < -0.39 is 17.6 Å². The molecule has 0 saturated heterocycles. The molecule has 0 spiro atoms. The molecule has 2 rings (SSSR count). The number of carbonyl (C=O) groups is 1. The van der Waals surface area contributed by atoms with Crippen LogP contribution in [-0.2, 0) is 11.0 Å². The van der Waals surface area contributed by atoms with Crippen molar-refractivity contribution in [1.29, 1.82) is 0 Å². The summed E-state index contributed by atoms with van der Waals surface area (Å²) < 4.78 is 50.9. The Balaban J connectivity index is 2.39. The maximum absolute atomic E-state index is 13.1. The SMILES string of the molecule is CC1C(=O)CCC1c1ccc(F)c(C(F)(F)F)c1. The second kappa shape index (κ2) is 4.37. The smallest absolute Gasteiger partial charge is 0.299 e. The first-order valence-corrected chi connectivity index (χ1v) is 5.70. The van der Waals surface area contributed by atoms with E-state index in [1.807, 2.05) is 0 Å². The summed E-state index contributed by atoms with van der Waals surface area (Å²) in [6, 6.07) is 2.99. The van der Waals surface area contributed by atoms with Gasteiger partial charge in [0.05, 0.1) is 5.56 Å². The molecule has 1 saturated carbocycles. The molecule has 0 heterocycles. The fraction of sp³-hybridized carbons (Fsp3) is 0.462. The van der Waals surface area contributed by atoms with Crippen LogP contribution in [0, 0.1) is 11.7 Å². The van der Waals surface area contributed by atoms with Crippen molar-refractivity contribution in [2.45, 2.75) is 31.9 Å². The molecule has 0 aliphatic heterocycles. The molecule has 1 aromatic rings. The van der Waals surface area contributed by atoms with Gasteiger partial charge in [-0.15, -0.1) is 0 Å². The van der Waals surface area contributed by atoms with Gasteiger partial charge in [-0.05, 0) is 30.0 Å². The molecular weight excluding hydrogens is 248 g/mol. The average molecular weight is 260 g/mol. The molecule has 18 heavy (non-hydrogen) atoms. The number of halogens is 4. The highest BCUT2D eigenvalue weighted by Gasteiger charge is 2.37. The highest BCUT2D eigenvalue weighted by atomic mass is 19.4. The van der Waals surface area contributed by atoms with Crippen LogP contribution in [0.2, 0.25) is 0 Å². The normalized spacial score (nSPS) is 24.6. The first kappa shape index (κ1) is 13.1. The molecule has 0 N–H and O–H groups in total. The molecule has 2 unspecified atom stereocenters. The van der Waals surface area contributed by atoms with Crippen molar-refractivity contribution in [3.8, 4) is 0 Å². The Bertz CT molecular complexity index is 478. The van der Waals surface area contributed by atoms with Crippen LogP contribution >= 0.6 is 0 Å². The fourth-order valence-electron chi connectivity index (χ4n) is 2.45. The summed E-state index contributed by atoms with van der Waals surface area (Å²) in [7, 11) is 0. The summed E-state index contributed by atoms with van der Waals surface area (Å²) in [5.41, 5.74) is -0.867. The number of hydrogen-bond acceptors (Lipinski definition) is 1. The van der Waals surface area contributed by atoms with E-state index in [4.69, 9.17) is 0 Å². The van der Waals surface area contributed by atoms with Crippen molar-refractivity contribution in [1.82, 2.24) is 0 Å². The number of rotatable bonds is 1. The summed E-state index contributed by atoms with van der Waals surface area (Å²) in [6.07, 6.45) is -3.79. The third-order valence-electron chi connectivity index (χ3n) is 3.54. The van der Waals surface area contributed by atoms with Crippen LogP contribution in [0.25, 0.3) is 0 Å². The summed E-state index contributed by atoms with van der Waals surface area (Å²) in [5, 5.41) is 0. The van der Waals surface area contributed by atoms with Crippen molar-refractivity contribution >= 4 is 5.78 Å². The Labute approximate surface area is 102 Å². The fourth-order valence-corrected chi connectivity index (χ4v) is 2.45. The zero-order chi connectivity index (χ0) is 13.5. The Morgan fingerprint density at radius 3 is 2.44 bits per heavy atom. The molecule has 1 aliphatic carbocycles. The summed E-state index contributed by atoms with van der Waals surface area (Å²) in [5.74, 6) is -1.75. The summed E-state index contributed by atoms with van der Waals surface area (Å²) >= 11 is 0. The molecular formula is C13H12F4O. The van der Waals surface area contributed by atoms with Gasteiger partial charge in [-0.2, -0.15) is 13.2 Å². The van der Waals surface area contributed by atoms with Crippen LogP contribution in [0.3, 0.4) is 0 Å². The van der Waals surface area contributed by atoms with Crippen molar-refractivity contribution in [3.05, 3.63) is 35.1 Å². The van der Waals surface area contributed by atoms with Gasteiger partial charge in [0.1, 0.15) is 11.6 Å². The first-order chi connectivity index (χ1) is 8.30. The molecule has 1 nitrogen and oxygen atoms in total.